The normalized spacial score (nSPS) is 14.2. The van der Waals surface area contributed by atoms with Crippen molar-refractivity contribution in [1.29, 1.82) is 0 Å². The van der Waals surface area contributed by atoms with E-state index in [9.17, 15) is 4.79 Å². The Morgan fingerprint density at radius 2 is 1.55 bits per heavy atom. The van der Waals surface area contributed by atoms with E-state index in [0.717, 1.165) is 33.9 Å². The summed E-state index contributed by atoms with van der Waals surface area (Å²) in [5.41, 5.74) is 10.0. The molecule has 1 amide bonds. The summed E-state index contributed by atoms with van der Waals surface area (Å²) in [4.78, 5) is 18.1. The number of nitrogens with two attached hydrogens (primary N) is 1. The Morgan fingerprint density at radius 3 is 2.21 bits per heavy atom. The molecule has 0 radical (unpaired) electrons. The lowest BCUT2D eigenvalue weighted by Gasteiger charge is -2.13. The number of amides is 1. The van der Waals surface area contributed by atoms with Crippen molar-refractivity contribution in [3.05, 3.63) is 75.8 Å². The molecule has 0 saturated heterocycles. The number of carbonyl (C=O) groups excluding carboxylic acids is 1. The van der Waals surface area contributed by atoms with E-state index in [1.807, 2.05) is 48.7 Å². The molecule has 3 aromatic rings. The van der Waals surface area contributed by atoms with Gasteiger partial charge in [0.2, 0.25) is 5.91 Å². The summed E-state index contributed by atoms with van der Waals surface area (Å²) in [5, 5.41) is 12.3. The van der Waals surface area contributed by atoms with Gasteiger partial charge < -0.3 is 30.0 Å². The number of ether oxygens (including phenoxy) is 4. The molecular formula is C30H39ClN6O5. The molecule has 3 N–H and O–H groups in total. The van der Waals surface area contributed by atoms with Gasteiger partial charge in [-0.05, 0) is 38.1 Å². The SMILES string of the molecule is Cc1ccc2c(c1)C(c1ccc(Cl)cc1)=N[C@@H](CC(=O)NCCOCCOCCOCCOCCN)c1nnc(C)n1-2. The topological polar surface area (TPSA) is 135 Å². The molecule has 0 unspecified atom stereocenters. The van der Waals surface area contributed by atoms with Crippen LogP contribution in [0.2, 0.25) is 5.02 Å². The standard InChI is InChI=1S/C30H39ClN6O5/c1-21-3-8-27-25(19-21)29(23-4-6-24(31)7-5-23)34-26(30-36-35-22(2)37(27)30)20-28(38)33-10-12-40-14-16-42-18-17-41-15-13-39-11-9-32/h3-8,19,26H,9-18,20,32H2,1-2H3,(H,33,38)/t26-/m0/s1. The highest BCUT2D eigenvalue weighted by Gasteiger charge is 2.29. The van der Waals surface area contributed by atoms with E-state index in [4.69, 9.17) is 41.3 Å². The number of rotatable bonds is 17. The molecule has 0 fully saturated rings. The Balaban J connectivity index is 1.29. The van der Waals surface area contributed by atoms with Crippen molar-refractivity contribution < 1.29 is 23.7 Å². The Hall–Kier alpha value is -3.19. The van der Waals surface area contributed by atoms with Crippen LogP contribution in [0.1, 0.15) is 40.8 Å². The summed E-state index contributed by atoms with van der Waals surface area (Å²) >= 11 is 6.17. The van der Waals surface area contributed by atoms with Gasteiger partial charge in [-0.25, -0.2) is 0 Å². The number of halogens is 1. The second-order valence-electron chi connectivity index (χ2n) is 9.75. The first-order chi connectivity index (χ1) is 20.5. The summed E-state index contributed by atoms with van der Waals surface area (Å²) < 4.78 is 23.7. The maximum Gasteiger partial charge on any atom is 0.222 e. The van der Waals surface area contributed by atoms with Gasteiger partial charge in [-0.2, -0.15) is 0 Å². The van der Waals surface area contributed by atoms with Gasteiger partial charge in [0.15, 0.2) is 5.82 Å². The Morgan fingerprint density at radius 1 is 0.905 bits per heavy atom. The molecule has 226 valence electrons. The van der Waals surface area contributed by atoms with Crippen LogP contribution >= 0.6 is 11.6 Å². The van der Waals surface area contributed by atoms with Gasteiger partial charge in [-0.3, -0.25) is 14.4 Å². The number of hydrogen-bond donors (Lipinski definition) is 2. The van der Waals surface area contributed by atoms with Crippen LogP contribution in [-0.4, -0.2) is 92.3 Å². The minimum absolute atomic E-state index is 0.114. The lowest BCUT2D eigenvalue weighted by molar-refractivity contribution is -0.121. The van der Waals surface area contributed by atoms with Crippen LogP contribution in [0.4, 0.5) is 0 Å². The molecule has 1 atom stereocenters. The summed E-state index contributed by atoms with van der Waals surface area (Å²) in [5.74, 6) is 1.20. The number of nitrogens with zero attached hydrogens (tertiary/aromatic N) is 4. The molecular weight excluding hydrogens is 560 g/mol. The van der Waals surface area contributed by atoms with Crippen LogP contribution < -0.4 is 11.1 Å². The van der Waals surface area contributed by atoms with Crippen LogP contribution in [0.25, 0.3) is 5.69 Å². The predicted octanol–water partition coefficient (Wildman–Crippen LogP) is 2.96. The second kappa shape index (κ2) is 16.4. The third-order valence-electron chi connectivity index (χ3n) is 6.52. The average molecular weight is 599 g/mol. The zero-order valence-electron chi connectivity index (χ0n) is 24.2. The third kappa shape index (κ3) is 8.90. The Labute approximate surface area is 251 Å². The van der Waals surface area contributed by atoms with Gasteiger partial charge in [-0.15, -0.1) is 10.2 Å². The van der Waals surface area contributed by atoms with Gasteiger partial charge in [0, 0.05) is 29.2 Å². The van der Waals surface area contributed by atoms with E-state index < -0.39 is 6.04 Å². The Bertz CT molecular complexity index is 1330. The molecule has 11 nitrogen and oxygen atoms in total. The number of hydrogen-bond acceptors (Lipinski definition) is 9. The van der Waals surface area contributed by atoms with Crippen LogP contribution in [-0.2, 0) is 23.7 Å². The molecule has 12 heteroatoms. The number of fused-ring (bicyclic) bond motifs is 3. The smallest absolute Gasteiger partial charge is 0.222 e. The lowest BCUT2D eigenvalue weighted by Crippen LogP contribution is -2.29. The molecule has 0 aliphatic carbocycles. The maximum atomic E-state index is 13.0. The van der Waals surface area contributed by atoms with Crippen molar-refractivity contribution in [2.24, 2.45) is 10.7 Å². The average Bonchev–Trinajstić information content (AvgIpc) is 3.30. The Kier molecular flexibility index (Phi) is 12.4. The monoisotopic (exact) mass is 598 g/mol. The quantitative estimate of drug-likeness (QED) is 0.226. The van der Waals surface area contributed by atoms with Crippen LogP contribution in [0, 0.1) is 13.8 Å². The number of carbonyl (C=O) groups is 1. The molecule has 0 spiro atoms. The van der Waals surface area contributed by atoms with Gasteiger partial charge in [0.25, 0.3) is 0 Å². The van der Waals surface area contributed by atoms with E-state index >= 15 is 0 Å². The molecule has 0 saturated carbocycles. The molecule has 2 heterocycles. The highest BCUT2D eigenvalue weighted by atomic mass is 35.5. The van der Waals surface area contributed by atoms with Crippen molar-refractivity contribution in [3.8, 4) is 5.69 Å². The number of aryl methyl sites for hydroxylation is 2. The molecule has 42 heavy (non-hydrogen) atoms. The summed E-state index contributed by atoms with van der Waals surface area (Å²) in [6.07, 6.45) is 0.114. The first kappa shape index (κ1) is 31.7. The fourth-order valence-corrected chi connectivity index (χ4v) is 4.67. The highest BCUT2D eigenvalue weighted by molar-refractivity contribution is 6.30. The summed E-state index contributed by atoms with van der Waals surface area (Å²) in [6, 6.07) is 13.2. The van der Waals surface area contributed by atoms with Crippen molar-refractivity contribution in [1.82, 2.24) is 20.1 Å². The second-order valence-corrected chi connectivity index (χ2v) is 10.2. The number of benzene rings is 2. The molecule has 1 aliphatic rings. The minimum atomic E-state index is -0.534. The largest absolute Gasteiger partial charge is 0.378 e. The van der Waals surface area contributed by atoms with Crippen molar-refractivity contribution in [3.63, 3.8) is 0 Å². The molecule has 0 bridgehead atoms. The van der Waals surface area contributed by atoms with Gasteiger partial charge in [-0.1, -0.05) is 35.4 Å². The van der Waals surface area contributed by atoms with Crippen LogP contribution in [0.15, 0.2) is 47.5 Å². The fraction of sp³-hybridized carbons (Fsp3) is 0.467. The first-order valence-electron chi connectivity index (χ1n) is 14.1. The lowest BCUT2D eigenvalue weighted by atomic mass is 9.98. The van der Waals surface area contributed by atoms with E-state index in [2.05, 4.69) is 27.6 Å². The van der Waals surface area contributed by atoms with Crippen LogP contribution in [0.3, 0.4) is 0 Å². The van der Waals surface area contributed by atoms with E-state index in [0.29, 0.717) is 76.8 Å². The highest BCUT2D eigenvalue weighted by Crippen LogP contribution is 2.33. The maximum absolute atomic E-state index is 13.0. The summed E-state index contributed by atoms with van der Waals surface area (Å²) in [7, 11) is 0. The predicted molar refractivity (Wildman–Crippen MR) is 161 cm³/mol. The first-order valence-corrected chi connectivity index (χ1v) is 14.5. The molecule has 2 aromatic carbocycles. The van der Waals surface area contributed by atoms with Crippen molar-refractivity contribution in [2.75, 3.05) is 65.9 Å². The fourth-order valence-electron chi connectivity index (χ4n) is 4.54. The zero-order valence-corrected chi connectivity index (χ0v) is 24.9. The minimum Gasteiger partial charge on any atom is -0.378 e. The number of nitrogens with one attached hydrogen (secondary N) is 1. The van der Waals surface area contributed by atoms with Crippen molar-refractivity contribution in [2.45, 2.75) is 26.3 Å². The number of aromatic nitrogens is 3. The van der Waals surface area contributed by atoms with E-state index in [1.54, 1.807) is 0 Å². The van der Waals surface area contributed by atoms with Crippen LogP contribution in [0.5, 0.6) is 0 Å². The van der Waals surface area contributed by atoms with Crippen molar-refractivity contribution >= 4 is 23.2 Å². The third-order valence-corrected chi connectivity index (χ3v) is 6.78. The van der Waals surface area contributed by atoms with Gasteiger partial charge in [0.05, 0.1) is 70.7 Å². The van der Waals surface area contributed by atoms with Gasteiger partial charge in [0.1, 0.15) is 11.9 Å². The zero-order chi connectivity index (χ0) is 29.7. The van der Waals surface area contributed by atoms with E-state index in [-0.39, 0.29) is 12.3 Å². The van der Waals surface area contributed by atoms with E-state index in [1.165, 1.54) is 0 Å². The number of aliphatic imine (C=N–C) groups is 1. The molecule has 1 aliphatic heterocycles. The molecule has 1 aromatic heterocycles. The van der Waals surface area contributed by atoms with Gasteiger partial charge >= 0.3 is 0 Å². The molecule has 4 rings (SSSR count). The summed E-state index contributed by atoms with van der Waals surface area (Å²) in [6.45, 7) is 8.60.